The second-order valence-electron chi connectivity index (χ2n) is 14.8. The van der Waals surface area contributed by atoms with Gasteiger partial charge in [0.15, 0.2) is 0 Å². The molecule has 2 aliphatic rings. The van der Waals surface area contributed by atoms with Gasteiger partial charge in [0, 0.05) is 94.8 Å². The Balaban J connectivity index is 1.54. The Morgan fingerprint density at radius 3 is 1.85 bits per heavy atom. The molecule has 1 heterocycles. The molecule has 1 N–H and O–H groups in total. The van der Waals surface area contributed by atoms with Crippen LogP contribution in [0.5, 0.6) is 0 Å². The molecular weight excluding hydrogens is 714 g/mol. The predicted octanol–water partition coefficient (Wildman–Crippen LogP) is 5.57. The van der Waals surface area contributed by atoms with Crippen LogP contribution in [0.3, 0.4) is 0 Å². The number of alkyl halides is 1. The van der Waals surface area contributed by atoms with E-state index in [4.69, 9.17) is 21.1 Å². The lowest BCUT2D eigenvalue weighted by molar-refractivity contribution is 0.0468. The van der Waals surface area contributed by atoms with E-state index < -0.39 is 27.1 Å². The lowest BCUT2D eigenvalue weighted by atomic mass is 9.60. The molecule has 3 aromatic rings. The molecule has 53 heavy (non-hydrogen) atoms. The molecule has 0 saturated carbocycles. The molecule has 0 aromatic heterocycles. The van der Waals surface area contributed by atoms with Crippen LogP contribution in [-0.2, 0) is 30.6 Å². The molecule has 1 spiro atoms. The number of rotatable bonds is 17. The maximum atomic E-state index is 14.6. The number of unbranched alkanes of at least 4 members (excludes halogenated alkanes) is 3. The van der Waals surface area contributed by atoms with Crippen molar-refractivity contribution in [1.29, 1.82) is 0 Å². The molecule has 288 valence electrons. The molecule has 1 aliphatic carbocycles. The van der Waals surface area contributed by atoms with E-state index in [2.05, 4.69) is 31.3 Å². The minimum atomic E-state index is -4.38. The monoisotopic (exact) mass is 767 g/mol. The van der Waals surface area contributed by atoms with Crippen LogP contribution in [0.15, 0.2) is 54.6 Å². The molecule has 1 aliphatic heterocycles. The number of halogens is 1. The van der Waals surface area contributed by atoms with Crippen LogP contribution < -0.4 is 15.1 Å². The van der Waals surface area contributed by atoms with Crippen LogP contribution in [0.25, 0.3) is 0 Å². The third-order valence-electron chi connectivity index (χ3n) is 10.3. The number of nitrogens with one attached hydrogen (secondary N) is 1. The highest BCUT2D eigenvalue weighted by molar-refractivity contribution is 7.87. The minimum Gasteiger partial charge on any atom is -0.379 e. The van der Waals surface area contributed by atoms with Gasteiger partial charge in [-0.25, -0.2) is 4.31 Å². The van der Waals surface area contributed by atoms with Crippen molar-refractivity contribution in [2.24, 2.45) is 0 Å². The van der Waals surface area contributed by atoms with Gasteiger partial charge in [0.25, 0.3) is 11.8 Å². The second-order valence-corrected chi connectivity index (χ2v) is 17.2. The standard InChI is InChI=1S/C40H54ClN5O6S/c1-39(2)35-26-29(43(3)4)14-17-32(35)40(33-18-15-30(44(5)6)27-36(33)39)34-25-28(13-16-31(34)38(48)46(40)53(49,50)45(7)8)37(47)42-20-22-52-24-23-51-21-12-10-9-11-19-41/h13-18,25-27H,9-12,19-24H2,1-8H3,(H,42,47). The third kappa shape index (κ3) is 7.53. The number of anilines is 2. The number of amides is 2. The van der Waals surface area contributed by atoms with E-state index >= 15 is 0 Å². The van der Waals surface area contributed by atoms with Crippen molar-refractivity contribution in [1.82, 2.24) is 13.9 Å². The maximum Gasteiger partial charge on any atom is 0.307 e. The fourth-order valence-electron chi connectivity index (χ4n) is 7.38. The summed E-state index contributed by atoms with van der Waals surface area (Å²) in [5.74, 6) is -0.324. The first kappa shape index (κ1) is 40.5. The van der Waals surface area contributed by atoms with E-state index in [1.165, 1.54) is 14.1 Å². The van der Waals surface area contributed by atoms with Gasteiger partial charge in [-0.3, -0.25) is 9.59 Å². The first-order chi connectivity index (χ1) is 25.1. The van der Waals surface area contributed by atoms with Crippen LogP contribution in [0, 0.1) is 0 Å². The molecule has 5 rings (SSSR count). The summed E-state index contributed by atoms with van der Waals surface area (Å²) in [5, 5.41) is 2.92. The van der Waals surface area contributed by atoms with Gasteiger partial charge in [-0.2, -0.15) is 12.7 Å². The van der Waals surface area contributed by atoms with Crippen molar-refractivity contribution in [2.75, 3.05) is 90.9 Å². The number of hydrogen-bond acceptors (Lipinski definition) is 8. The summed E-state index contributed by atoms with van der Waals surface area (Å²) in [6.45, 7) is 6.38. The summed E-state index contributed by atoms with van der Waals surface area (Å²) < 4.78 is 42.4. The molecule has 13 heteroatoms. The highest BCUT2D eigenvalue weighted by atomic mass is 35.5. The van der Waals surface area contributed by atoms with Gasteiger partial charge in [0.05, 0.1) is 19.8 Å². The normalized spacial score (nSPS) is 15.4. The molecule has 0 unspecified atom stereocenters. The van der Waals surface area contributed by atoms with Crippen molar-refractivity contribution in [3.8, 4) is 0 Å². The lowest BCUT2D eigenvalue weighted by Gasteiger charge is -2.49. The van der Waals surface area contributed by atoms with Gasteiger partial charge in [-0.05, 0) is 77.6 Å². The Hall–Kier alpha value is -3.68. The van der Waals surface area contributed by atoms with Crippen molar-refractivity contribution in [2.45, 2.75) is 50.5 Å². The minimum absolute atomic E-state index is 0.222. The Labute approximate surface area is 320 Å². The van der Waals surface area contributed by atoms with E-state index in [9.17, 15) is 18.0 Å². The molecule has 11 nitrogen and oxygen atoms in total. The molecule has 0 atom stereocenters. The van der Waals surface area contributed by atoms with Crippen molar-refractivity contribution in [3.05, 3.63) is 93.5 Å². The summed E-state index contributed by atoms with van der Waals surface area (Å²) in [7, 11) is 6.30. The molecular formula is C40H54ClN5O6S. The first-order valence-electron chi connectivity index (χ1n) is 18.2. The van der Waals surface area contributed by atoms with Gasteiger partial charge in [0.1, 0.15) is 5.54 Å². The molecule has 0 saturated heterocycles. The zero-order valence-electron chi connectivity index (χ0n) is 32.3. The average molecular weight is 768 g/mol. The first-order valence-corrected chi connectivity index (χ1v) is 20.1. The van der Waals surface area contributed by atoms with Gasteiger partial charge in [-0.15, -0.1) is 11.6 Å². The molecule has 0 bridgehead atoms. The summed E-state index contributed by atoms with van der Waals surface area (Å²) in [6.07, 6.45) is 4.20. The highest BCUT2D eigenvalue weighted by Gasteiger charge is 2.62. The topological polar surface area (TPSA) is 112 Å². The Morgan fingerprint density at radius 2 is 1.30 bits per heavy atom. The van der Waals surface area contributed by atoms with E-state index in [1.807, 2.05) is 62.3 Å². The lowest BCUT2D eigenvalue weighted by Crippen LogP contribution is -2.55. The number of carbonyl (C=O) groups excluding carboxylic acids is 2. The Kier molecular flexibility index (Phi) is 12.5. The van der Waals surface area contributed by atoms with Crippen LogP contribution >= 0.6 is 11.6 Å². The predicted molar refractivity (Wildman–Crippen MR) is 212 cm³/mol. The molecule has 0 radical (unpaired) electrons. The van der Waals surface area contributed by atoms with Gasteiger partial charge in [-0.1, -0.05) is 38.8 Å². The van der Waals surface area contributed by atoms with Gasteiger partial charge < -0.3 is 24.6 Å². The van der Waals surface area contributed by atoms with E-state index in [0.717, 1.165) is 56.8 Å². The quantitative estimate of drug-likeness (QED) is 0.140. The van der Waals surface area contributed by atoms with E-state index in [0.29, 0.717) is 54.6 Å². The van der Waals surface area contributed by atoms with Crippen LogP contribution in [-0.4, -0.2) is 110 Å². The fourth-order valence-corrected chi connectivity index (χ4v) is 8.85. The second kappa shape index (κ2) is 16.4. The fraction of sp³-hybridized carbons (Fsp3) is 0.500. The number of fused-ring (bicyclic) bond motifs is 6. The van der Waals surface area contributed by atoms with E-state index in [-0.39, 0.29) is 18.0 Å². The van der Waals surface area contributed by atoms with Crippen molar-refractivity contribution >= 4 is 45.0 Å². The summed E-state index contributed by atoms with van der Waals surface area (Å²) in [4.78, 5) is 32.3. The molecule has 0 fully saturated rings. The van der Waals surface area contributed by atoms with Gasteiger partial charge in [0.2, 0.25) is 0 Å². The van der Waals surface area contributed by atoms with Crippen LogP contribution in [0.1, 0.15) is 88.1 Å². The number of ether oxygens (including phenoxy) is 2. The largest absolute Gasteiger partial charge is 0.379 e. The summed E-state index contributed by atoms with van der Waals surface area (Å²) >= 11 is 5.72. The molecule has 2 amide bonds. The van der Waals surface area contributed by atoms with Crippen LogP contribution in [0.4, 0.5) is 11.4 Å². The average Bonchev–Trinajstić information content (AvgIpc) is 3.39. The van der Waals surface area contributed by atoms with Crippen molar-refractivity contribution < 1.29 is 27.5 Å². The van der Waals surface area contributed by atoms with E-state index in [1.54, 1.807) is 18.2 Å². The number of carbonyl (C=O) groups is 2. The zero-order valence-corrected chi connectivity index (χ0v) is 33.9. The number of hydrogen-bond donors (Lipinski definition) is 1. The Morgan fingerprint density at radius 1 is 0.736 bits per heavy atom. The zero-order chi connectivity index (χ0) is 38.7. The smallest absolute Gasteiger partial charge is 0.307 e. The van der Waals surface area contributed by atoms with Crippen molar-refractivity contribution in [3.63, 3.8) is 0 Å². The summed E-state index contributed by atoms with van der Waals surface area (Å²) in [5.41, 5.74) is 3.74. The molecule has 3 aromatic carbocycles. The summed E-state index contributed by atoms with van der Waals surface area (Å²) in [6, 6.07) is 16.8. The highest BCUT2D eigenvalue weighted by Crippen LogP contribution is 2.59. The number of benzene rings is 3. The third-order valence-corrected chi connectivity index (χ3v) is 12.4. The van der Waals surface area contributed by atoms with Crippen LogP contribution in [0.2, 0.25) is 0 Å². The maximum absolute atomic E-state index is 14.6. The number of nitrogens with zero attached hydrogens (tertiary/aromatic N) is 4. The SMILES string of the molecule is CN(C)c1ccc2c(c1)C(C)(C)c1cc(N(C)C)ccc1C21c2cc(C(=O)NCCOCCOCCCCCCCl)ccc2C(=O)N1S(=O)(=O)N(C)C. The Bertz CT molecular complexity index is 1870. The van der Waals surface area contributed by atoms with Gasteiger partial charge >= 0.3 is 10.2 Å².